The van der Waals surface area contributed by atoms with Crippen LogP contribution in [0, 0.1) is 0 Å². The van der Waals surface area contributed by atoms with Gasteiger partial charge in [0, 0.05) is 28.9 Å². The summed E-state index contributed by atoms with van der Waals surface area (Å²) in [5, 5.41) is 0.661. The molecule has 0 N–H and O–H groups in total. The Hall–Kier alpha value is -2.67. The summed E-state index contributed by atoms with van der Waals surface area (Å²) in [5.74, 6) is 2.64. The second-order valence-electron chi connectivity index (χ2n) is 7.58. The molecular weight excluding hydrogens is 452 g/mol. The highest BCUT2D eigenvalue weighted by Crippen LogP contribution is 2.49. The zero-order valence-electron chi connectivity index (χ0n) is 16.7. The molecule has 2 aromatic carbocycles. The van der Waals surface area contributed by atoms with Crippen molar-refractivity contribution in [2.45, 2.75) is 24.5 Å². The van der Waals surface area contributed by atoms with Crippen molar-refractivity contribution in [3.63, 3.8) is 0 Å². The molecule has 5 rings (SSSR count). The number of hydrogen-bond acceptors (Lipinski definition) is 6. The van der Waals surface area contributed by atoms with Gasteiger partial charge in [0.1, 0.15) is 36.1 Å². The van der Waals surface area contributed by atoms with Crippen molar-refractivity contribution in [1.29, 1.82) is 0 Å². The Labute approximate surface area is 182 Å². The highest BCUT2D eigenvalue weighted by atomic mass is 79.9. The van der Waals surface area contributed by atoms with Crippen LogP contribution in [0.3, 0.4) is 0 Å². The van der Waals surface area contributed by atoms with Crippen LogP contribution in [0.15, 0.2) is 36.4 Å². The predicted octanol–water partition coefficient (Wildman–Crippen LogP) is 4.08. The molecule has 6 nitrogen and oxygen atoms in total. The highest BCUT2D eigenvalue weighted by molar-refractivity contribution is 9.09. The van der Waals surface area contributed by atoms with Crippen molar-refractivity contribution in [3.8, 4) is 28.7 Å². The van der Waals surface area contributed by atoms with Gasteiger partial charge in [0.05, 0.1) is 25.7 Å². The minimum absolute atomic E-state index is 0.0172. The Balaban J connectivity index is 1.56. The SMILES string of the molecule is C=C(CBr)[C@@H]1Cc2c(ccc3c2O[C@H]2COc4cc(OC)c(OC)cc4[C@@H]2C3=O)O1. The van der Waals surface area contributed by atoms with Crippen molar-refractivity contribution < 1.29 is 28.5 Å². The third kappa shape index (κ3) is 2.79. The van der Waals surface area contributed by atoms with E-state index in [1.807, 2.05) is 12.1 Å². The average molecular weight is 473 g/mol. The molecule has 0 saturated carbocycles. The number of ether oxygens (including phenoxy) is 5. The van der Waals surface area contributed by atoms with Crippen LogP contribution in [0.2, 0.25) is 0 Å². The largest absolute Gasteiger partial charge is 0.493 e. The molecule has 3 aliphatic rings. The number of carbonyl (C=O) groups is 1. The van der Waals surface area contributed by atoms with Gasteiger partial charge in [-0.05, 0) is 23.8 Å². The van der Waals surface area contributed by atoms with Crippen LogP contribution in [0.4, 0.5) is 0 Å². The van der Waals surface area contributed by atoms with Crippen molar-refractivity contribution >= 4 is 21.7 Å². The normalized spacial score (nSPS) is 23.0. The number of alkyl halides is 1. The van der Waals surface area contributed by atoms with E-state index in [0.29, 0.717) is 40.3 Å². The van der Waals surface area contributed by atoms with Gasteiger partial charge < -0.3 is 23.7 Å². The maximum atomic E-state index is 13.6. The fourth-order valence-electron chi connectivity index (χ4n) is 4.38. The zero-order chi connectivity index (χ0) is 21.0. The molecule has 3 atom stereocenters. The summed E-state index contributed by atoms with van der Waals surface area (Å²) in [6.45, 7) is 4.34. The molecule has 0 aromatic heterocycles. The number of ketones is 1. The Morgan fingerprint density at radius 2 is 1.93 bits per heavy atom. The summed E-state index contributed by atoms with van der Waals surface area (Å²) in [6.07, 6.45) is 0.0960. The van der Waals surface area contributed by atoms with Gasteiger partial charge in [0.25, 0.3) is 0 Å². The van der Waals surface area contributed by atoms with E-state index in [9.17, 15) is 4.79 Å². The number of benzene rings is 2. The topological polar surface area (TPSA) is 63.2 Å². The highest BCUT2D eigenvalue weighted by Gasteiger charge is 2.45. The first-order valence-electron chi connectivity index (χ1n) is 9.71. The Morgan fingerprint density at radius 1 is 1.17 bits per heavy atom. The van der Waals surface area contributed by atoms with Crippen molar-refractivity contribution in [2.24, 2.45) is 0 Å². The molecule has 0 saturated heterocycles. The summed E-state index contributed by atoms with van der Waals surface area (Å²) >= 11 is 3.44. The molecule has 0 spiro atoms. The summed E-state index contributed by atoms with van der Waals surface area (Å²) in [5.41, 5.74) is 3.20. The molecule has 3 aliphatic heterocycles. The molecule has 0 bridgehead atoms. The molecule has 156 valence electrons. The van der Waals surface area contributed by atoms with Gasteiger partial charge in [0.2, 0.25) is 0 Å². The lowest BCUT2D eigenvalue weighted by molar-refractivity contribution is 0.0554. The fraction of sp³-hybridized carbons (Fsp3) is 0.348. The predicted molar refractivity (Wildman–Crippen MR) is 114 cm³/mol. The van der Waals surface area contributed by atoms with Gasteiger partial charge in [-0.15, -0.1) is 0 Å². The second kappa shape index (κ2) is 7.23. The van der Waals surface area contributed by atoms with Gasteiger partial charge in [-0.25, -0.2) is 0 Å². The smallest absolute Gasteiger partial charge is 0.178 e. The Morgan fingerprint density at radius 3 is 2.67 bits per heavy atom. The molecule has 3 heterocycles. The fourth-order valence-corrected chi connectivity index (χ4v) is 4.74. The van der Waals surface area contributed by atoms with Crippen LogP contribution in [-0.2, 0) is 6.42 Å². The van der Waals surface area contributed by atoms with Gasteiger partial charge in [-0.1, -0.05) is 22.5 Å². The molecule has 0 fully saturated rings. The molecule has 0 unspecified atom stereocenters. The zero-order valence-corrected chi connectivity index (χ0v) is 18.3. The summed E-state index contributed by atoms with van der Waals surface area (Å²) < 4.78 is 29.1. The van der Waals surface area contributed by atoms with Gasteiger partial charge in [-0.2, -0.15) is 0 Å². The molecule has 0 amide bonds. The maximum Gasteiger partial charge on any atom is 0.178 e. The summed E-state index contributed by atoms with van der Waals surface area (Å²) in [6, 6.07) is 7.22. The number of halogens is 1. The number of rotatable bonds is 4. The lowest BCUT2D eigenvalue weighted by Crippen LogP contribution is -2.43. The van der Waals surface area contributed by atoms with Crippen LogP contribution in [-0.4, -0.2) is 44.1 Å². The molecule has 30 heavy (non-hydrogen) atoms. The molecule has 0 radical (unpaired) electrons. The molecular formula is C23H21BrO6. The van der Waals surface area contributed by atoms with Crippen molar-refractivity contribution in [1.82, 2.24) is 0 Å². The quantitative estimate of drug-likeness (QED) is 0.493. The van der Waals surface area contributed by atoms with E-state index in [2.05, 4.69) is 22.5 Å². The van der Waals surface area contributed by atoms with Crippen molar-refractivity contribution in [2.75, 3.05) is 26.2 Å². The summed E-state index contributed by atoms with van der Waals surface area (Å²) in [4.78, 5) is 13.6. The minimum Gasteiger partial charge on any atom is -0.493 e. The van der Waals surface area contributed by atoms with Crippen LogP contribution in [0.25, 0.3) is 0 Å². The first-order chi connectivity index (χ1) is 14.5. The Bertz CT molecular complexity index is 1060. The van der Waals surface area contributed by atoms with E-state index in [1.54, 1.807) is 26.4 Å². The standard InChI is InChI=1S/C23H21BrO6/c1-11(9-24)16-7-14-15(29-16)5-4-12-22(25)21-13-6-18(26-2)19(27-3)8-17(13)28-10-20(21)30-23(12)14/h4-6,8,16,20-21H,1,7,9-10H2,2-3H3/t16-,20-,21-/m0/s1. The number of methoxy groups -OCH3 is 2. The van der Waals surface area contributed by atoms with Gasteiger partial charge in [0.15, 0.2) is 17.3 Å². The van der Waals surface area contributed by atoms with Gasteiger partial charge in [-0.3, -0.25) is 4.79 Å². The second-order valence-corrected chi connectivity index (χ2v) is 8.14. The summed E-state index contributed by atoms with van der Waals surface area (Å²) in [7, 11) is 3.14. The number of fused-ring (bicyclic) bond motifs is 6. The number of Topliss-reactive ketones (excluding diaryl/α,β-unsaturated/α-hetero) is 1. The van der Waals surface area contributed by atoms with E-state index in [0.717, 1.165) is 22.4 Å². The van der Waals surface area contributed by atoms with Gasteiger partial charge >= 0.3 is 0 Å². The first kappa shape index (κ1) is 19.3. The third-order valence-corrected chi connectivity index (χ3v) is 6.67. The minimum atomic E-state index is -0.463. The van der Waals surface area contributed by atoms with E-state index in [1.165, 1.54) is 0 Å². The number of hydrogen-bond donors (Lipinski definition) is 0. The maximum absolute atomic E-state index is 13.6. The van der Waals surface area contributed by atoms with Crippen LogP contribution in [0.5, 0.6) is 28.7 Å². The van der Waals surface area contributed by atoms with Crippen LogP contribution < -0.4 is 23.7 Å². The third-order valence-electron chi connectivity index (χ3n) is 5.95. The monoisotopic (exact) mass is 472 g/mol. The molecule has 0 aliphatic carbocycles. The van der Waals surface area contributed by atoms with E-state index < -0.39 is 12.0 Å². The van der Waals surface area contributed by atoms with E-state index in [-0.39, 0.29) is 18.5 Å². The lowest BCUT2D eigenvalue weighted by Gasteiger charge is -2.37. The van der Waals surface area contributed by atoms with E-state index >= 15 is 0 Å². The van der Waals surface area contributed by atoms with Crippen LogP contribution in [0.1, 0.15) is 27.4 Å². The van der Waals surface area contributed by atoms with E-state index in [4.69, 9.17) is 23.7 Å². The van der Waals surface area contributed by atoms with Crippen LogP contribution >= 0.6 is 15.9 Å². The first-order valence-corrected chi connectivity index (χ1v) is 10.8. The van der Waals surface area contributed by atoms with Crippen molar-refractivity contribution in [3.05, 3.63) is 53.1 Å². The Kier molecular flexibility index (Phi) is 4.65. The lowest BCUT2D eigenvalue weighted by atomic mass is 9.81. The number of carbonyl (C=O) groups excluding carboxylic acids is 1. The molecule has 7 heteroatoms. The average Bonchev–Trinajstić information content (AvgIpc) is 3.22. The molecule has 2 aromatic rings.